The van der Waals surface area contributed by atoms with E-state index in [-0.39, 0.29) is 47.9 Å². The lowest BCUT2D eigenvalue weighted by Crippen LogP contribution is -2.42. The van der Waals surface area contributed by atoms with Crippen LogP contribution in [0.4, 0.5) is 9.59 Å². The molecule has 100 heavy (non-hydrogen) atoms. The second kappa shape index (κ2) is 29.2. The van der Waals surface area contributed by atoms with Crippen LogP contribution in [-0.2, 0) is 38.0 Å². The summed E-state index contributed by atoms with van der Waals surface area (Å²) in [5.74, 6) is 0. The maximum atomic E-state index is 12.4. The Bertz CT molecular complexity index is 4440. The van der Waals surface area contributed by atoms with Crippen molar-refractivity contribution in [2.45, 2.75) is 188 Å². The van der Waals surface area contributed by atoms with E-state index < -0.39 is 18.3 Å². The largest absolute Gasteiger partial charge is 0.498 e. The Kier molecular flexibility index (Phi) is 20.9. The second-order valence-corrected chi connectivity index (χ2v) is 31.2. The molecule has 0 spiro atoms. The highest BCUT2D eigenvalue weighted by molar-refractivity contribution is 9.10. The van der Waals surface area contributed by atoms with E-state index >= 15 is 0 Å². The van der Waals surface area contributed by atoms with E-state index in [1.54, 1.807) is 4.90 Å². The van der Waals surface area contributed by atoms with Crippen molar-refractivity contribution >= 4 is 53.1 Å². The van der Waals surface area contributed by atoms with Crippen LogP contribution in [0.1, 0.15) is 177 Å². The highest BCUT2D eigenvalue weighted by Crippen LogP contribution is 2.46. The Morgan fingerprint density at radius 1 is 0.490 bits per heavy atom. The normalized spacial score (nSPS) is 17.4. The molecule has 4 fully saturated rings. The van der Waals surface area contributed by atoms with E-state index in [1.807, 2.05) is 88.9 Å². The average Bonchev–Trinajstić information content (AvgIpc) is 1.62. The fourth-order valence-corrected chi connectivity index (χ4v) is 15.2. The third kappa shape index (κ3) is 15.3. The molecule has 3 aliphatic carbocycles. The zero-order chi connectivity index (χ0) is 69.7. The maximum Gasteiger partial charge on any atom is 0.498 e. The molecule has 0 saturated carbocycles. The van der Waals surface area contributed by atoms with Crippen LogP contribution in [0, 0.1) is 20.8 Å². The summed E-state index contributed by atoms with van der Waals surface area (Å²) in [6, 6.07) is 33.0. The van der Waals surface area contributed by atoms with Gasteiger partial charge in [-0.25, -0.2) is 9.59 Å². The number of amides is 2. The second-order valence-electron chi connectivity index (χ2n) is 30.3. The van der Waals surface area contributed by atoms with Crippen LogP contribution in [0.2, 0.25) is 0 Å². The number of ether oxygens (including phenoxy) is 2. The topological polar surface area (TPSA) is 182 Å². The number of nitrogens with zero attached hydrogens (tertiary/aromatic N) is 11. The van der Waals surface area contributed by atoms with Gasteiger partial charge in [-0.15, -0.1) is 12.4 Å². The predicted molar refractivity (Wildman–Crippen MR) is 400 cm³/mol. The molecular weight excluding hydrogens is 1340 g/mol. The minimum absolute atomic E-state index is 0. The standard InChI is InChI=1S/C26H30N4O2.C21H22N4.C20H34BN3O4.C12H8BrN.ClH/c1-17-22(21-9-12-27-23-15-18-7-5-6-8-20(18)24(21)23)16-30(28-17)19-10-13-29(14-11-19)25(31)32-26(2,3)4;1-14-19(13-25(24-14)16-6-9-22-10-7-16)18-8-11-23-20-12-15-4-2-3-5-17(15)21(18)20;1-14-16(21-27-19(5,6)20(7,8)28-21)13-24(22-14)15-9-11-23(12-10-15)17(25)26-18(2,3)4;13-10-5-6-14-11-7-8-3-1-2-4-9(8)12(10)11;/h5-9,12,16,19H,10-11,13-15H2,1-4H3;2-5,8,11,13,16,22H,6-7,9-10,12H2,1H3;13,15H,9-12H2,1-8H3;1-6H,7H2;1H. The molecule has 18 nitrogen and oxygen atoms in total. The van der Waals surface area contributed by atoms with Crippen molar-refractivity contribution in [2.24, 2.45) is 0 Å². The maximum absolute atomic E-state index is 12.4. The number of carbonyl (C=O) groups excluding carboxylic acids is 2. The molecule has 7 aliphatic rings. The molecule has 21 heteroatoms. The van der Waals surface area contributed by atoms with Crippen molar-refractivity contribution in [1.29, 1.82) is 0 Å². The molecule has 0 bridgehead atoms. The van der Waals surface area contributed by atoms with Gasteiger partial charge < -0.3 is 33.9 Å². The fourth-order valence-electron chi connectivity index (χ4n) is 14.6. The first-order valence-corrected chi connectivity index (χ1v) is 36.1. The van der Waals surface area contributed by atoms with Gasteiger partial charge in [0.05, 0.1) is 63.5 Å². The quantitative estimate of drug-likeness (QED) is 0.155. The fraction of sp³-hybridized carbons (Fsp3) is 0.443. The monoisotopic (exact) mass is 1430 g/mol. The van der Waals surface area contributed by atoms with Gasteiger partial charge in [-0.05, 0) is 204 Å². The number of piperidine rings is 3. The summed E-state index contributed by atoms with van der Waals surface area (Å²) < 4.78 is 30.8. The number of halogens is 2. The molecule has 0 atom stereocenters. The Hall–Kier alpha value is -8.01. The number of likely N-dealkylation sites (tertiary alicyclic amines) is 2. The average molecular weight is 1430 g/mol. The van der Waals surface area contributed by atoms with E-state index in [2.05, 4.69) is 184 Å². The van der Waals surface area contributed by atoms with Crippen LogP contribution in [0.15, 0.2) is 133 Å². The summed E-state index contributed by atoms with van der Waals surface area (Å²) in [5, 5.41) is 17.9. The third-order valence-corrected chi connectivity index (χ3v) is 21.2. The number of hydrogen-bond acceptors (Lipinski definition) is 13. The zero-order valence-electron chi connectivity index (χ0n) is 60.2. The van der Waals surface area contributed by atoms with E-state index in [0.717, 1.165) is 109 Å². The Morgan fingerprint density at radius 3 is 1.27 bits per heavy atom. The molecule has 16 rings (SSSR count). The number of nitrogens with one attached hydrogen (secondary N) is 1. The predicted octanol–water partition coefficient (Wildman–Crippen LogP) is 16.0. The molecule has 0 radical (unpaired) electrons. The van der Waals surface area contributed by atoms with Crippen LogP contribution in [0.3, 0.4) is 0 Å². The van der Waals surface area contributed by atoms with Gasteiger partial charge in [0.25, 0.3) is 0 Å². The number of benzene rings is 3. The molecule has 2 amide bonds. The summed E-state index contributed by atoms with van der Waals surface area (Å²) in [6.07, 6.45) is 20.3. The van der Waals surface area contributed by atoms with Gasteiger partial charge in [-0.2, -0.15) is 15.3 Å². The highest BCUT2D eigenvalue weighted by Gasteiger charge is 2.53. The van der Waals surface area contributed by atoms with Crippen molar-refractivity contribution in [2.75, 3.05) is 39.3 Å². The molecule has 10 heterocycles. The highest BCUT2D eigenvalue weighted by atomic mass is 79.9. The number of aryl methyl sites for hydroxylation is 3. The SMILES string of the molecule is Brc1ccnc2c1-c1ccccc1C2.Cc1nn(C2CCN(C(=O)OC(C)(C)C)CC2)cc1-c1ccnc2c1-c1ccccc1C2.Cc1nn(C2CCN(C(=O)OC(C)(C)C)CC2)cc1B1OC(C)(C)C(C)(C)O1.Cc1nn(C2CCNCC2)cc1-c1ccnc2c1-c1ccccc1C2.Cl. The van der Waals surface area contributed by atoms with Gasteiger partial charge in [0, 0.05) is 120 Å². The summed E-state index contributed by atoms with van der Waals surface area (Å²) >= 11 is 3.58. The van der Waals surface area contributed by atoms with Gasteiger partial charge in [0.2, 0.25) is 0 Å². The van der Waals surface area contributed by atoms with Crippen LogP contribution in [0.5, 0.6) is 0 Å². The number of pyridine rings is 3. The molecule has 9 aromatic rings. The Balaban J connectivity index is 0.000000130. The lowest BCUT2D eigenvalue weighted by Gasteiger charge is -2.33. The van der Waals surface area contributed by atoms with Gasteiger partial charge >= 0.3 is 19.3 Å². The van der Waals surface area contributed by atoms with E-state index in [0.29, 0.717) is 32.2 Å². The first-order chi connectivity index (χ1) is 47.3. The van der Waals surface area contributed by atoms with E-state index in [4.69, 9.17) is 34.1 Å². The van der Waals surface area contributed by atoms with Gasteiger partial charge in [0.1, 0.15) is 11.2 Å². The summed E-state index contributed by atoms with van der Waals surface area (Å²) in [5.41, 5.74) is 22.6. The summed E-state index contributed by atoms with van der Waals surface area (Å²) in [4.78, 5) is 42.0. The van der Waals surface area contributed by atoms with Crippen molar-refractivity contribution < 1.29 is 28.4 Å². The Labute approximate surface area is 604 Å². The Morgan fingerprint density at radius 2 is 0.850 bits per heavy atom. The van der Waals surface area contributed by atoms with Gasteiger partial charge in [-0.3, -0.25) is 29.0 Å². The first-order valence-electron chi connectivity index (χ1n) is 35.3. The van der Waals surface area contributed by atoms with E-state index in [1.165, 1.54) is 78.1 Å². The van der Waals surface area contributed by atoms with Crippen molar-refractivity contribution in [3.05, 3.63) is 184 Å². The van der Waals surface area contributed by atoms with Crippen LogP contribution in [0.25, 0.3) is 55.6 Å². The zero-order valence-corrected chi connectivity index (χ0v) is 62.6. The number of aromatic nitrogens is 9. The molecular formula is C79H95BBrClN12O6. The molecule has 1 N–H and O–H groups in total. The van der Waals surface area contributed by atoms with Crippen molar-refractivity contribution in [3.8, 4) is 55.6 Å². The number of fused-ring (bicyclic) bond motifs is 9. The molecule has 524 valence electrons. The number of rotatable bonds is 6. The molecule has 0 unspecified atom stereocenters. The van der Waals surface area contributed by atoms with Crippen LogP contribution in [-0.4, -0.2) is 135 Å². The van der Waals surface area contributed by atoms with Gasteiger partial charge in [-0.1, -0.05) is 88.7 Å². The molecule has 6 aromatic heterocycles. The van der Waals surface area contributed by atoms with Gasteiger partial charge in [0.15, 0.2) is 0 Å². The van der Waals surface area contributed by atoms with E-state index in [9.17, 15) is 9.59 Å². The number of hydrogen-bond donors (Lipinski definition) is 1. The lowest BCUT2D eigenvalue weighted by molar-refractivity contribution is 0.00578. The van der Waals surface area contributed by atoms with Crippen molar-refractivity contribution in [3.63, 3.8) is 0 Å². The third-order valence-electron chi connectivity index (χ3n) is 20.5. The molecule has 3 aromatic carbocycles. The summed E-state index contributed by atoms with van der Waals surface area (Å²) in [7, 11) is -0.402. The van der Waals surface area contributed by atoms with Crippen LogP contribution < -0.4 is 10.8 Å². The first kappa shape index (κ1) is 71.8. The smallest absolute Gasteiger partial charge is 0.444 e. The minimum Gasteiger partial charge on any atom is -0.444 e. The molecule has 4 saturated heterocycles. The van der Waals surface area contributed by atoms with Crippen molar-refractivity contribution in [1.82, 2.24) is 59.4 Å². The number of carbonyl (C=O) groups is 2. The summed E-state index contributed by atoms with van der Waals surface area (Å²) in [6.45, 7) is 30.7. The lowest BCUT2D eigenvalue weighted by atomic mass is 9.79. The minimum atomic E-state index is -0.467. The van der Waals surface area contributed by atoms with Crippen LogP contribution >= 0.6 is 28.3 Å². The molecule has 4 aliphatic heterocycles.